The molecule has 1 aromatic carbocycles. The van der Waals surface area contributed by atoms with Gasteiger partial charge in [-0.2, -0.15) is 0 Å². The van der Waals surface area contributed by atoms with Gasteiger partial charge in [-0.3, -0.25) is 9.36 Å². The number of carboxylic acid groups (broad SMARTS) is 1. The van der Waals surface area contributed by atoms with E-state index in [9.17, 15) is 9.59 Å². The number of aromatic carboxylic acids is 1. The van der Waals surface area contributed by atoms with Crippen LogP contribution in [0.4, 0.5) is 0 Å². The fraction of sp³-hybridized carbons (Fsp3) is 0.261. The first-order chi connectivity index (χ1) is 14.8. The van der Waals surface area contributed by atoms with Gasteiger partial charge in [0.15, 0.2) is 0 Å². The van der Waals surface area contributed by atoms with Gasteiger partial charge in [-0.05, 0) is 38.1 Å². The minimum Gasteiger partial charge on any atom is -0.496 e. The van der Waals surface area contributed by atoms with Crippen molar-refractivity contribution >= 4 is 27.5 Å². The van der Waals surface area contributed by atoms with Crippen LogP contribution in [0, 0.1) is 13.8 Å². The summed E-state index contributed by atoms with van der Waals surface area (Å²) in [5, 5.41) is 9.65. The standard InChI is InChI=1S/C23H22N2O5S/c1-5-18-24-21-20(22(26)25(18)11-14-7-9-17(30-14)23(27)28)19(13(3)31-21)15-10-12(2)6-8-16(15)29-4/h6-10H,5,11H2,1-4H3,(H,27,28). The molecule has 0 aliphatic carbocycles. The molecule has 4 rings (SSSR count). The molecule has 0 saturated carbocycles. The number of nitrogens with zero attached hydrogens (tertiary/aromatic N) is 2. The average molecular weight is 439 g/mol. The van der Waals surface area contributed by atoms with Gasteiger partial charge >= 0.3 is 5.97 Å². The minimum absolute atomic E-state index is 0.109. The Morgan fingerprint density at radius 3 is 2.68 bits per heavy atom. The molecular formula is C23H22N2O5S. The molecule has 8 heteroatoms. The van der Waals surface area contributed by atoms with E-state index in [1.807, 2.05) is 39.0 Å². The number of benzene rings is 1. The number of hydrogen-bond acceptors (Lipinski definition) is 6. The fourth-order valence-corrected chi connectivity index (χ4v) is 4.79. The largest absolute Gasteiger partial charge is 0.496 e. The Morgan fingerprint density at radius 1 is 1.26 bits per heavy atom. The van der Waals surface area contributed by atoms with Gasteiger partial charge in [0.1, 0.15) is 22.2 Å². The van der Waals surface area contributed by atoms with Gasteiger partial charge in [-0.15, -0.1) is 11.3 Å². The van der Waals surface area contributed by atoms with Crippen LogP contribution in [0.1, 0.15) is 39.5 Å². The molecule has 0 atom stereocenters. The molecule has 4 aromatic rings. The number of aromatic nitrogens is 2. The highest BCUT2D eigenvalue weighted by atomic mass is 32.1. The Kier molecular flexibility index (Phi) is 5.41. The molecule has 3 aromatic heterocycles. The van der Waals surface area contributed by atoms with Gasteiger partial charge < -0.3 is 14.3 Å². The molecule has 7 nitrogen and oxygen atoms in total. The van der Waals surface area contributed by atoms with E-state index in [-0.39, 0.29) is 17.9 Å². The summed E-state index contributed by atoms with van der Waals surface area (Å²) < 4.78 is 12.5. The lowest BCUT2D eigenvalue weighted by Crippen LogP contribution is -2.25. The van der Waals surface area contributed by atoms with Crippen LogP contribution < -0.4 is 10.3 Å². The number of rotatable bonds is 6. The predicted octanol–water partition coefficient (Wildman–Crippen LogP) is 4.65. The number of methoxy groups -OCH3 is 1. The van der Waals surface area contributed by atoms with Crippen LogP contribution in [-0.4, -0.2) is 27.7 Å². The second-order valence-electron chi connectivity index (χ2n) is 7.26. The topological polar surface area (TPSA) is 94.6 Å². The van der Waals surface area contributed by atoms with Crippen LogP contribution in [-0.2, 0) is 13.0 Å². The first-order valence-corrected chi connectivity index (χ1v) is 10.7. The first-order valence-electron chi connectivity index (χ1n) is 9.83. The SMILES string of the molecule is CCc1nc2sc(C)c(-c3cc(C)ccc3OC)c2c(=O)n1Cc1ccc(C(=O)O)o1. The zero-order valence-corrected chi connectivity index (χ0v) is 18.5. The molecule has 0 aliphatic rings. The van der Waals surface area contributed by atoms with Crippen molar-refractivity contribution in [1.29, 1.82) is 0 Å². The van der Waals surface area contributed by atoms with Gasteiger partial charge in [0, 0.05) is 22.4 Å². The summed E-state index contributed by atoms with van der Waals surface area (Å²) in [7, 11) is 1.61. The number of ether oxygens (including phenoxy) is 1. The van der Waals surface area contributed by atoms with E-state index >= 15 is 0 Å². The van der Waals surface area contributed by atoms with Crippen LogP contribution in [0.3, 0.4) is 0 Å². The normalized spacial score (nSPS) is 11.2. The molecule has 3 heterocycles. The summed E-state index contributed by atoms with van der Waals surface area (Å²) in [6, 6.07) is 8.84. The van der Waals surface area contributed by atoms with Crippen molar-refractivity contribution in [1.82, 2.24) is 9.55 Å². The zero-order valence-electron chi connectivity index (χ0n) is 17.7. The highest BCUT2D eigenvalue weighted by molar-refractivity contribution is 7.19. The summed E-state index contributed by atoms with van der Waals surface area (Å²) >= 11 is 1.48. The molecule has 0 bridgehead atoms. The van der Waals surface area contributed by atoms with E-state index in [4.69, 9.17) is 19.2 Å². The van der Waals surface area contributed by atoms with E-state index in [1.54, 1.807) is 17.7 Å². The molecule has 0 spiro atoms. The van der Waals surface area contributed by atoms with Crippen LogP contribution in [0.2, 0.25) is 0 Å². The van der Waals surface area contributed by atoms with Gasteiger partial charge in [-0.25, -0.2) is 9.78 Å². The molecule has 31 heavy (non-hydrogen) atoms. The average Bonchev–Trinajstić information content (AvgIpc) is 3.34. The van der Waals surface area contributed by atoms with Crippen LogP contribution in [0.5, 0.6) is 5.75 Å². The van der Waals surface area contributed by atoms with E-state index in [2.05, 4.69) is 0 Å². The van der Waals surface area contributed by atoms with Crippen molar-refractivity contribution in [3.63, 3.8) is 0 Å². The third-order valence-corrected chi connectivity index (χ3v) is 6.19. The number of thiophene rings is 1. The van der Waals surface area contributed by atoms with Crippen LogP contribution >= 0.6 is 11.3 Å². The molecule has 0 aliphatic heterocycles. The predicted molar refractivity (Wildman–Crippen MR) is 119 cm³/mol. The first kappa shape index (κ1) is 20.9. The summed E-state index contributed by atoms with van der Waals surface area (Å²) in [5.41, 5.74) is 2.55. The zero-order chi connectivity index (χ0) is 22.3. The maximum atomic E-state index is 13.7. The number of aryl methyl sites for hydroxylation is 3. The Bertz CT molecular complexity index is 1360. The van der Waals surface area contributed by atoms with E-state index in [1.165, 1.54) is 17.4 Å². The number of fused-ring (bicyclic) bond motifs is 1. The van der Waals surface area contributed by atoms with Crippen molar-refractivity contribution in [3.8, 4) is 16.9 Å². The fourth-order valence-electron chi connectivity index (χ4n) is 3.75. The lowest BCUT2D eigenvalue weighted by atomic mass is 10.0. The number of furan rings is 1. The number of carboxylic acids is 1. The molecule has 0 radical (unpaired) electrons. The highest BCUT2D eigenvalue weighted by Gasteiger charge is 2.22. The summed E-state index contributed by atoms with van der Waals surface area (Å²) in [4.78, 5) is 31.2. The molecule has 0 amide bonds. The van der Waals surface area contributed by atoms with Crippen LogP contribution in [0.25, 0.3) is 21.3 Å². The third-order valence-electron chi connectivity index (χ3n) is 5.19. The molecular weight excluding hydrogens is 416 g/mol. The summed E-state index contributed by atoms with van der Waals surface area (Å²) in [5.74, 6) is 0.389. The molecule has 160 valence electrons. The molecule has 0 fully saturated rings. The van der Waals surface area contributed by atoms with Crippen molar-refractivity contribution in [2.45, 2.75) is 33.7 Å². The van der Waals surface area contributed by atoms with E-state index in [0.717, 1.165) is 21.6 Å². The molecule has 0 unspecified atom stereocenters. The monoisotopic (exact) mass is 438 g/mol. The van der Waals surface area contributed by atoms with Crippen molar-refractivity contribution in [2.75, 3.05) is 7.11 Å². The maximum Gasteiger partial charge on any atom is 0.371 e. The quantitative estimate of drug-likeness (QED) is 0.471. The van der Waals surface area contributed by atoms with Gasteiger partial charge in [0.2, 0.25) is 5.76 Å². The Balaban J connectivity index is 1.96. The molecule has 0 saturated heterocycles. The Morgan fingerprint density at radius 2 is 2.03 bits per heavy atom. The van der Waals surface area contributed by atoms with Crippen molar-refractivity contribution in [3.05, 3.63) is 68.5 Å². The lowest BCUT2D eigenvalue weighted by molar-refractivity contribution is 0.0660. The minimum atomic E-state index is -1.15. The second-order valence-corrected chi connectivity index (χ2v) is 8.46. The third kappa shape index (κ3) is 3.63. The van der Waals surface area contributed by atoms with Gasteiger partial charge in [0.05, 0.1) is 19.0 Å². The second kappa shape index (κ2) is 8.03. The maximum absolute atomic E-state index is 13.7. The Labute approximate surface area is 182 Å². The van der Waals surface area contributed by atoms with Crippen molar-refractivity contribution < 1.29 is 19.1 Å². The smallest absolute Gasteiger partial charge is 0.371 e. The number of carbonyl (C=O) groups is 1. The molecule has 1 N–H and O–H groups in total. The van der Waals surface area contributed by atoms with E-state index < -0.39 is 5.97 Å². The van der Waals surface area contributed by atoms with Crippen molar-refractivity contribution in [2.24, 2.45) is 0 Å². The Hall–Kier alpha value is -3.39. The van der Waals surface area contributed by atoms with Gasteiger partial charge in [0.25, 0.3) is 5.56 Å². The van der Waals surface area contributed by atoms with Crippen LogP contribution in [0.15, 0.2) is 39.5 Å². The van der Waals surface area contributed by atoms with E-state index in [0.29, 0.717) is 34.0 Å². The highest BCUT2D eigenvalue weighted by Crippen LogP contribution is 2.40. The van der Waals surface area contributed by atoms with Gasteiger partial charge in [-0.1, -0.05) is 18.6 Å². The lowest BCUT2D eigenvalue weighted by Gasteiger charge is -2.12. The number of hydrogen-bond donors (Lipinski definition) is 1. The summed E-state index contributed by atoms with van der Waals surface area (Å²) in [6.45, 7) is 6.01. The summed E-state index contributed by atoms with van der Waals surface area (Å²) in [6.07, 6.45) is 0.553.